The van der Waals surface area contributed by atoms with Crippen LogP contribution in [0.1, 0.15) is 12.6 Å². The Hall–Kier alpha value is -0.820. The molecular formula is C8H7ClF3NO2S. The summed E-state index contributed by atoms with van der Waals surface area (Å²) in [5, 5.41) is -0.656. The van der Waals surface area contributed by atoms with Crippen LogP contribution in [0.4, 0.5) is 13.2 Å². The average Bonchev–Trinajstić information content (AvgIpc) is 2.16. The highest BCUT2D eigenvalue weighted by Crippen LogP contribution is 2.30. The van der Waals surface area contributed by atoms with Gasteiger partial charge in [-0.25, -0.2) is 13.4 Å². The second-order valence-corrected chi connectivity index (χ2v) is 5.49. The second-order valence-electron chi connectivity index (χ2n) is 2.89. The van der Waals surface area contributed by atoms with Crippen LogP contribution in [0.2, 0.25) is 5.15 Å². The zero-order chi connectivity index (χ0) is 12.6. The normalized spacial score (nSPS) is 12.8. The van der Waals surface area contributed by atoms with Crippen LogP contribution >= 0.6 is 11.6 Å². The monoisotopic (exact) mass is 273 g/mol. The lowest BCUT2D eigenvalue weighted by molar-refractivity contribution is -0.141. The second kappa shape index (κ2) is 4.21. The number of hydrogen-bond acceptors (Lipinski definition) is 3. The first kappa shape index (κ1) is 13.2. The number of pyridine rings is 1. The maximum absolute atomic E-state index is 12.2. The van der Waals surface area contributed by atoms with Gasteiger partial charge in [-0.05, 0) is 12.1 Å². The molecule has 0 aliphatic carbocycles. The van der Waals surface area contributed by atoms with E-state index in [1.807, 2.05) is 0 Å². The van der Waals surface area contributed by atoms with Crippen LogP contribution in [0.15, 0.2) is 17.0 Å². The Morgan fingerprint density at radius 1 is 1.38 bits per heavy atom. The maximum atomic E-state index is 12.2. The van der Waals surface area contributed by atoms with Crippen LogP contribution in [0, 0.1) is 0 Å². The summed E-state index contributed by atoms with van der Waals surface area (Å²) in [5.74, 6) is -0.250. The van der Waals surface area contributed by atoms with Crippen LogP contribution < -0.4 is 0 Å². The quantitative estimate of drug-likeness (QED) is 0.778. The third kappa shape index (κ3) is 2.65. The van der Waals surface area contributed by atoms with Gasteiger partial charge in [0.05, 0.1) is 5.75 Å². The van der Waals surface area contributed by atoms with Gasteiger partial charge in [0.1, 0.15) is 15.7 Å². The molecule has 0 saturated carbocycles. The lowest BCUT2D eigenvalue weighted by Gasteiger charge is -2.08. The Balaban J connectivity index is 3.32. The Morgan fingerprint density at radius 3 is 2.31 bits per heavy atom. The van der Waals surface area contributed by atoms with E-state index in [0.29, 0.717) is 6.07 Å². The number of alkyl halides is 3. The molecule has 0 bridgehead atoms. The summed E-state index contributed by atoms with van der Waals surface area (Å²) in [6.45, 7) is 1.36. The van der Waals surface area contributed by atoms with Gasteiger partial charge in [-0.1, -0.05) is 18.5 Å². The van der Waals surface area contributed by atoms with Crippen molar-refractivity contribution >= 4 is 21.4 Å². The molecule has 3 nitrogen and oxygen atoms in total. The molecule has 16 heavy (non-hydrogen) atoms. The smallest absolute Gasteiger partial charge is 0.230 e. The molecule has 1 aromatic rings. The number of halogens is 4. The molecule has 0 aliphatic heterocycles. The molecule has 90 valence electrons. The molecule has 0 saturated heterocycles. The molecule has 0 spiro atoms. The van der Waals surface area contributed by atoms with Crippen molar-refractivity contribution in [1.29, 1.82) is 0 Å². The van der Waals surface area contributed by atoms with Crippen molar-refractivity contribution in [3.8, 4) is 0 Å². The number of sulfone groups is 1. The molecule has 1 rings (SSSR count). The summed E-state index contributed by atoms with van der Waals surface area (Å²) in [7, 11) is -3.65. The van der Waals surface area contributed by atoms with Gasteiger partial charge in [0, 0.05) is 0 Å². The van der Waals surface area contributed by atoms with Crippen molar-refractivity contribution in [3.63, 3.8) is 0 Å². The van der Waals surface area contributed by atoms with Crippen LogP contribution in [-0.2, 0) is 16.0 Å². The molecule has 0 unspecified atom stereocenters. The van der Waals surface area contributed by atoms with Crippen molar-refractivity contribution in [3.05, 3.63) is 23.0 Å². The Bertz CT molecular complexity index is 498. The van der Waals surface area contributed by atoms with Gasteiger partial charge in [-0.15, -0.1) is 0 Å². The van der Waals surface area contributed by atoms with E-state index >= 15 is 0 Å². The highest BCUT2D eigenvalue weighted by Gasteiger charge is 2.33. The van der Waals surface area contributed by atoms with Gasteiger partial charge in [-0.3, -0.25) is 0 Å². The molecule has 0 aromatic carbocycles. The van der Waals surface area contributed by atoms with Gasteiger partial charge in [-0.2, -0.15) is 13.2 Å². The maximum Gasteiger partial charge on any atom is 0.433 e. The summed E-state index contributed by atoms with van der Waals surface area (Å²) < 4.78 is 59.4. The summed E-state index contributed by atoms with van der Waals surface area (Å²) in [4.78, 5) is 2.64. The van der Waals surface area contributed by atoms with E-state index in [-0.39, 0.29) is 10.6 Å². The first-order valence-corrected chi connectivity index (χ1v) is 6.18. The fourth-order valence-electron chi connectivity index (χ4n) is 0.967. The summed E-state index contributed by atoms with van der Waals surface area (Å²) >= 11 is 5.41. The standard InChI is InChI=1S/C8H7ClF3NO2S/c1-2-16(14,15)5-3-4-6(8(10,11)12)13-7(5)9/h3-4H,2H2,1H3. The van der Waals surface area contributed by atoms with E-state index in [0.717, 1.165) is 6.07 Å². The minimum atomic E-state index is -4.64. The van der Waals surface area contributed by atoms with E-state index < -0.39 is 26.9 Å². The van der Waals surface area contributed by atoms with E-state index in [1.165, 1.54) is 6.92 Å². The lowest BCUT2D eigenvalue weighted by Crippen LogP contribution is -2.11. The fourth-order valence-corrected chi connectivity index (χ4v) is 2.36. The molecule has 0 amide bonds. The largest absolute Gasteiger partial charge is 0.433 e. The highest BCUT2D eigenvalue weighted by molar-refractivity contribution is 7.91. The predicted molar refractivity (Wildman–Crippen MR) is 52.0 cm³/mol. The topological polar surface area (TPSA) is 47.0 Å². The first-order chi connectivity index (χ1) is 7.18. The number of rotatable bonds is 2. The van der Waals surface area contributed by atoms with Gasteiger partial charge >= 0.3 is 6.18 Å². The number of aromatic nitrogens is 1. The molecule has 0 atom stereocenters. The molecule has 0 radical (unpaired) electrons. The first-order valence-electron chi connectivity index (χ1n) is 4.15. The minimum absolute atomic E-state index is 0.250. The average molecular weight is 274 g/mol. The van der Waals surface area contributed by atoms with Crippen LogP contribution in [0.3, 0.4) is 0 Å². The van der Waals surface area contributed by atoms with Gasteiger partial charge in [0.15, 0.2) is 9.84 Å². The molecule has 0 aliphatic rings. The summed E-state index contributed by atoms with van der Waals surface area (Å²) in [6.07, 6.45) is -4.64. The van der Waals surface area contributed by atoms with Crippen molar-refractivity contribution in [1.82, 2.24) is 4.98 Å². The zero-order valence-electron chi connectivity index (χ0n) is 8.05. The molecule has 0 N–H and O–H groups in total. The molecule has 1 heterocycles. The molecule has 8 heteroatoms. The van der Waals surface area contributed by atoms with E-state index in [1.54, 1.807) is 0 Å². The van der Waals surface area contributed by atoms with E-state index in [4.69, 9.17) is 11.6 Å². The third-order valence-electron chi connectivity index (χ3n) is 1.82. The van der Waals surface area contributed by atoms with E-state index in [2.05, 4.69) is 4.98 Å². The summed E-state index contributed by atoms with van der Waals surface area (Å²) in [5.41, 5.74) is -1.22. The van der Waals surface area contributed by atoms with Gasteiger partial charge in [0.25, 0.3) is 0 Å². The SMILES string of the molecule is CCS(=O)(=O)c1ccc(C(F)(F)F)nc1Cl. The van der Waals surface area contributed by atoms with Crippen LogP contribution in [-0.4, -0.2) is 19.2 Å². The van der Waals surface area contributed by atoms with Crippen molar-refractivity contribution in [2.24, 2.45) is 0 Å². The molecule has 1 aromatic heterocycles. The summed E-state index contributed by atoms with van der Waals surface area (Å²) in [6, 6.07) is 1.41. The number of nitrogens with zero attached hydrogens (tertiary/aromatic N) is 1. The van der Waals surface area contributed by atoms with Crippen LogP contribution in [0.5, 0.6) is 0 Å². The van der Waals surface area contributed by atoms with Gasteiger partial charge < -0.3 is 0 Å². The Labute approximate surface area is 95.2 Å². The minimum Gasteiger partial charge on any atom is -0.230 e. The molecular weight excluding hydrogens is 267 g/mol. The number of hydrogen-bond donors (Lipinski definition) is 0. The van der Waals surface area contributed by atoms with Crippen molar-refractivity contribution in [2.75, 3.05) is 5.75 Å². The van der Waals surface area contributed by atoms with Crippen molar-refractivity contribution < 1.29 is 21.6 Å². The van der Waals surface area contributed by atoms with Gasteiger partial charge in [0.2, 0.25) is 0 Å². The fraction of sp³-hybridized carbons (Fsp3) is 0.375. The molecule has 0 fully saturated rings. The Kier molecular flexibility index (Phi) is 3.49. The lowest BCUT2D eigenvalue weighted by atomic mass is 10.3. The van der Waals surface area contributed by atoms with E-state index in [9.17, 15) is 21.6 Å². The predicted octanol–water partition coefficient (Wildman–Crippen LogP) is 2.55. The highest BCUT2D eigenvalue weighted by atomic mass is 35.5. The van der Waals surface area contributed by atoms with Crippen molar-refractivity contribution in [2.45, 2.75) is 18.0 Å². The third-order valence-corrected chi connectivity index (χ3v) is 3.98. The Morgan fingerprint density at radius 2 is 1.94 bits per heavy atom. The zero-order valence-corrected chi connectivity index (χ0v) is 9.62. The van der Waals surface area contributed by atoms with Crippen LogP contribution in [0.25, 0.3) is 0 Å².